The summed E-state index contributed by atoms with van der Waals surface area (Å²) in [5.74, 6) is -0.967. The Balaban J connectivity index is 2.47. The summed E-state index contributed by atoms with van der Waals surface area (Å²) in [5.41, 5.74) is 10.2. The maximum absolute atomic E-state index is 11.8. The van der Waals surface area contributed by atoms with E-state index in [1.165, 1.54) is 12.1 Å². The van der Waals surface area contributed by atoms with Crippen molar-refractivity contribution < 1.29 is 17.9 Å². The second kappa shape index (κ2) is 6.87. The van der Waals surface area contributed by atoms with Gasteiger partial charge in [-0.2, -0.15) is 4.99 Å². The highest BCUT2D eigenvalue weighted by molar-refractivity contribution is 7.89. The maximum atomic E-state index is 11.8. The van der Waals surface area contributed by atoms with Crippen LogP contribution in [0.2, 0.25) is 5.02 Å². The van der Waals surface area contributed by atoms with Crippen molar-refractivity contribution in [3.8, 4) is 11.5 Å². The van der Waals surface area contributed by atoms with Crippen LogP contribution in [-0.4, -0.2) is 20.3 Å². The SMILES string of the molecule is NC(N)=NC(=O)c1ccc(Oc2ccc(Cl)cc2)c(S(N)(=O)=O)c1. The molecule has 0 atom stereocenters. The van der Waals surface area contributed by atoms with Crippen molar-refractivity contribution >= 4 is 33.5 Å². The molecule has 2 rings (SSSR count). The molecule has 0 heterocycles. The van der Waals surface area contributed by atoms with Crippen molar-refractivity contribution in [3.63, 3.8) is 0 Å². The quantitative estimate of drug-likeness (QED) is 0.544. The molecule has 8 nitrogen and oxygen atoms in total. The van der Waals surface area contributed by atoms with Gasteiger partial charge in [-0.3, -0.25) is 4.79 Å². The second-order valence-corrected chi connectivity index (χ2v) is 6.57. The number of benzene rings is 2. The molecule has 0 aliphatic carbocycles. The zero-order valence-electron chi connectivity index (χ0n) is 12.1. The van der Waals surface area contributed by atoms with E-state index in [1.54, 1.807) is 24.3 Å². The van der Waals surface area contributed by atoms with Gasteiger partial charge in [-0.15, -0.1) is 0 Å². The number of guanidine groups is 1. The van der Waals surface area contributed by atoms with Gasteiger partial charge in [-0.05, 0) is 42.5 Å². The average Bonchev–Trinajstić information content (AvgIpc) is 2.48. The summed E-state index contributed by atoms with van der Waals surface area (Å²) >= 11 is 5.77. The monoisotopic (exact) mass is 368 g/mol. The van der Waals surface area contributed by atoms with Crippen LogP contribution in [0.5, 0.6) is 11.5 Å². The first-order valence-electron chi connectivity index (χ1n) is 6.41. The summed E-state index contributed by atoms with van der Waals surface area (Å²) in [6.45, 7) is 0. The van der Waals surface area contributed by atoms with Crippen molar-refractivity contribution in [2.24, 2.45) is 21.6 Å². The molecule has 0 bridgehead atoms. The van der Waals surface area contributed by atoms with Crippen LogP contribution >= 0.6 is 11.6 Å². The van der Waals surface area contributed by atoms with Crippen LogP contribution in [0.25, 0.3) is 0 Å². The number of carbonyl (C=O) groups is 1. The Bertz CT molecular complexity index is 907. The van der Waals surface area contributed by atoms with Gasteiger partial charge in [0.05, 0.1) is 0 Å². The molecule has 0 saturated carbocycles. The number of nitrogens with zero attached hydrogens (tertiary/aromatic N) is 1. The number of nitrogens with two attached hydrogens (primary N) is 3. The molecule has 0 aliphatic rings. The van der Waals surface area contributed by atoms with Gasteiger partial charge < -0.3 is 16.2 Å². The standard InChI is InChI=1S/C14H13ClN4O4S/c15-9-2-4-10(5-3-9)23-11-6-1-8(13(20)19-14(16)17)7-12(11)24(18,21)22/h1-7H,(H2,18,21,22)(H4,16,17,19,20). The van der Waals surface area contributed by atoms with Crippen molar-refractivity contribution in [1.82, 2.24) is 0 Å². The van der Waals surface area contributed by atoms with E-state index in [1.807, 2.05) is 0 Å². The summed E-state index contributed by atoms with van der Waals surface area (Å²) in [4.78, 5) is 14.8. The molecule has 2 aromatic rings. The summed E-state index contributed by atoms with van der Waals surface area (Å²) in [5, 5.41) is 5.67. The van der Waals surface area contributed by atoms with Gasteiger partial charge in [0.1, 0.15) is 16.4 Å². The Hall–Kier alpha value is -2.62. The first-order chi connectivity index (χ1) is 11.2. The van der Waals surface area contributed by atoms with E-state index in [0.717, 1.165) is 6.07 Å². The average molecular weight is 369 g/mol. The molecular weight excluding hydrogens is 356 g/mol. The fourth-order valence-electron chi connectivity index (χ4n) is 1.76. The lowest BCUT2D eigenvalue weighted by Crippen LogP contribution is -2.24. The second-order valence-electron chi connectivity index (χ2n) is 4.60. The molecule has 6 N–H and O–H groups in total. The molecule has 2 aromatic carbocycles. The van der Waals surface area contributed by atoms with Gasteiger partial charge in [0.15, 0.2) is 5.96 Å². The molecular formula is C14H13ClN4O4S. The number of sulfonamides is 1. The summed E-state index contributed by atoms with van der Waals surface area (Å²) in [6, 6.07) is 9.88. The van der Waals surface area contributed by atoms with E-state index in [4.69, 9.17) is 32.9 Å². The van der Waals surface area contributed by atoms with Crippen LogP contribution < -0.4 is 21.3 Å². The van der Waals surface area contributed by atoms with Crippen molar-refractivity contribution in [2.75, 3.05) is 0 Å². The minimum absolute atomic E-state index is 0.0546. The van der Waals surface area contributed by atoms with Gasteiger partial charge in [0.2, 0.25) is 10.0 Å². The molecule has 24 heavy (non-hydrogen) atoms. The van der Waals surface area contributed by atoms with Crippen LogP contribution in [0, 0.1) is 0 Å². The van der Waals surface area contributed by atoms with E-state index in [0.29, 0.717) is 10.8 Å². The van der Waals surface area contributed by atoms with Gasteiger partial charge in [0.25, 0.3) is 5.91 Å². The smallest absolute Gasteiger partial charge is 0.280 e. The summed E-state index contributed by atoms with van der Waals surface area (Å²) in [6.07, 6.45) is 0. The lowest BCUT2D eigenvalue weighted by molar-refractivity contribution is 0.100. The minimum atomic E-state index is -4.16. The van der Waals surface area contributed by atoms with Crippen LogP contribution in [0.1, 0.15) is 10.4 Å². The van der Waals surface area contributed by atoms with E-state index in [-0.39, 0.29) is 16.2 Å². The minimum Gasteiger partial charge on any atom is -0.456 e. The van der Waals surface area contributed by atoms with Crippen LogP contribution in [0.4, 0.5) is 0 Å². The van der Waals surface area contributed by atoms with Crippen molar-refractivity contribution in [2.45, 2.75) is 4.90 Å². The number of rotatable bonds is 4. The zero-order valence-corrected chi connectivity index (χ0v) is 13.7. The fourth-order valence-corrected chi connectivity index (χ4v) is 2.57. The zero-order chi connectivity index (χ0) is 17.9. The van der Waals surface area contributed by atoms with Crippen LogP contribution in [-0.2, 0) is 10.0 Å². The third-order valence-corrected chi connectivity index (χ3v) is 3.95. The van der Waals surface area contributed by atoms with Crippen molar-refractivity contribution in [3.05, 3.63) is 53.1 Å². The number of amides is 1. The largest absolute Gasteiger partial charge is 0.456 e. The normalized spacial score (nSPS) is 10.9. The highest BCUT2D eigenvalue weighted by Crippen LogP contribution is 2.30. The molecule has 0 aliphatic heterocycles. The Morgan fingerprint density at radius 3 is 2.25 bits per heavy atom. The number of carbonyl (C=O) groups excluding carboxylic acids is 1. The third-order valence-electron chi connectivity index (χ3n) is 2.77. The number of halogens is 1. The number of primary sulfonamides is 1. The Labute approximate surface area is 142 Å². The Morgan fingerprint density at radius 2 is 1.71 bits per heavy atom. The van der Waals surface area contributed by atoms with Gasteiger partial charge in [-0.25, -0.2) is 13.6 Å². The van der Waals surface area contributed by atoms with Gasteiger partial charge in [0, 0.05) is 10.6 Å². The maximum Gasteiger partial charge on any atom is 0.280 e. The topological polar surface area (TPSA) is 151 Å². The number of aliphatic imine (C=N–C) groups is 1. The van der Waals surface area contributed by atoms with Crippen LogP contribution in [0.3, 0.4) is 0 Å². The predicted octanol–water partition coefficient (Wildman–Crippen LogP) is 1.19. The first kappa shape index (κ1) is 17.7. The highest BCUT2D eigenvalue weighted by Gasteiger charge is 2.19. The summed E-state index contributed by atoms with van der Waals surface area (Å²) in [7, 11) is -4.16. The van der Waals surface area contributed by atoms with E-state index in [2.05, 4.69) is 4.99 Å². The molecule has 0 unspecified atom stereocenters. The third kappa shape index (κ3) is 4.44. The van der Waals surface area contributed by atoms with E-state index in [9.17, 15) is 13.2 Å². The molecule has 0 aromatic heterocycles. The first-order valence-corrected chi connectivity index (χ1v) is 8.33. The number of hydrogen-bond acceptors (Lipinski definition) is 4. The van der Waals surface area contributed by atoms with E-state index >= 15 is 0 Å². The molecule has 0 fully saturated rings. The van der Waals surface area contributed by atoms with Crippen LogP contribution in [0.15, 0.2) is 52.4 Å². The summed E-state index contributed by atoms with van der Waals surface area (Å²) < 4.78 is 29.0. The van der Waals surface area contributed by atoms with Gasteiger partial charge in [-0.1, -0.05) is 11.6 Å². The molecule has 126 valence electrons. The predicted molar refractivity (Wildman–Crippen MR) is 89.5 cm³/mol. The fraction of sp³-hybridized carbons (Fsp3) is 0. The molecule has 1 amide bonds. The molecule has 0 radical (unpaired) electrons. The highest BCUT2D eigenvalue weighted by atomic mass is 35.5. The van der Waals surface area contributed by atoms with Gasteiger partial charge >= 0.3 is 0 Å². The Kier molecular flexibility index (Phi) is 5.07. The molecule has 10 heteroatoms. The number of hydrogen-bond donors (Lipinski definition) is 3. The molecule has 0 spiro atoms. The van der Waals surface area contributed by atoms with E-state index < -0.39 is 21.9 Å². The lowest BCUT2D eigenvalue weighted by Gasteiger charge is -2.11. The number of ether oxygens (including phenoxy) is 1. The molecule has 0 saturated heterocycles. The lowest BCUT2D eigenvalue weighted by atomic mass is 10.2. The Morgan fingerprint density at radius 1 is 1.08 bits per heavy atom. The van der Waals surface area contributed by atoms with Crippen molar-refractivity contribution in [1.29, 1.82) is 0 Å².